The highest BCUT2D eigenvalue weighted by Gasteiger charge is 2.13. The Labute approximate surface area is 136 Å². The maximum atomic E-state index is 12.1. The molecule has 0 atom stereocenters. The zero-order valence-electron chi connectivity index (χ0n) is 10.4. The lowest BCUT2D eigenvalue weighted by Crippen LogP contribution is -3.00. The number of halogens is 2. The van der Waals surface area contributed by atoms with Crippen molar-refractivity contribution in [2.75, 3.05) is 0 Å². The predicted octanol–water partition coefficient (Wildman–Crippen LogP) is 0.729. The number of carbonyl (C=O) groups excluding carboxylic acids is 1. The summed E-state index contributed by atoms with van der Waals surface area (Å²) in [6, 6.07) is 13.2. The first-order valence-corrected chi connectivity index (χ1v) is 7.08. The number of benzene rings is 1. The minimum atomic E-state index is 0. The second-order valence-corrected chi connectivity index (χ2v) is 5.99. The van der Waals surface area contributed by atoms with Gasteiger partial charge in [0.2, 0.25) is 12.3 Å². The van der Waals surface area contributed by atoms with Crippen molar-refractivity contribution >= 4 is 38.8 Å². The molecule has 1 aromatic carbocycles. The summed E-state index contributed by atoms with van der Waals surface area (Å²) in [5, 5.41) is 1.07. The van der Waals surface area contributed by atoms with Crippen LogP contribution in [0, 0.1) is 0 Å². The first kappa shape index (κ1) is 15.2. The van der Waals surface area contributed by atoms with Gasteiger partial charge in [0.25, 0.3) is 0 Å². The Morgan fingerprint density at radius 3 is 2.70 bits per heavy atom. The van der Waals surface area contributed by atoms with Gasteiger partial charge in [0, 0.05) is 16.3 Å². The second kappa shape index (κ2) is 6.48. The normalized spacial score (nSPS) is 10.2. The highest BCUT2D eigenvalue weighted by molar-refractivity contribution is 7.22. The Kier molecular flexibility index (Phi) is 4.91. The van der Waals surface area contributed by atoms with E-state index in [1.807, 2.05) is 59.4 Å². The lowest BCUT2D eigenvalue weighted by molar-refractivity contribution is -0.681. The van der Waals surface area contributed by atoms with Gasteiger partial charge in [0.05, 0.1) is 9.72 Å². The van der Waals surface area contributed by atoms with Gasteiger partial charge in [-0.05, 0) is 6.07 Å². The summed E-state index contributed by atoms with van der Waals surface area (Å²) in [6.07, 6.45) is 3.87. The molecule has 0 fully saturated rings. The van der Waals surface area contributed by atoms with Crippen LogP contribution in [-0.4, -0.2) is 5.78 Å². The third kappa shape index (κ3) is 3.26. The quantitative estimate of drug-likeness (QED) is 0.493. The fourth-order valence-corrected chi connectivity index (χ4v) is 3.10. The molecule has 0 saturated heterocycles. The minimum absolute atomic E-state index is 0. The lowest BCUT2D eigenvalue weighted by Gasteiger charge is -1.97. The van der Waals surface area contributed by atoms with Crippen molar-refractivity contribution in [3.8, 4) is 0 Å². The Balaban J connectivity index is 0.00000147. The summed E-state index contributed by atoms with van der Waals surface area (Å²) >= 11 is 7.52. The molecular weight excluding hydrogens is 358 g/mol. The summed E-state index contributed by atoms with van der Waals surface area (Å²) in [6.45, 7) is 0.341. The summed E-state index contributed by atoms with van der Waals surface area (Å²) < 4.78 is 3.79. The van der Waals surface area contributed by atoms with Crippen LogP contribution in [0.15, 0.2) is 54.9 Å². The van der Waals surface area contributed by atoms with Crippen LogP contribution in [0.5, 0.6) is 0 Å². The van der Waals surface area contributed by atoms with Gasteiger partial charge in [0.1, 0.15) is 0 Å². The molecule has 20 heavy (non-hydrogen) atoms. The molecule has 0 N–H and O–H groups in total. The predicted molar refractivity (Wildman–Crippen MR) is 77.8 cm³/mol. The number of fused-ring (bicyclic) bond motifs is 1. The van der Waals surface area contributed by atoms with Crippen molar-refractivity contribution in [3.05, 3.63) is 64.8 Å². The van der Waals surface area contributed by atoms with E-state index >= 15 is 0 Å². The van der Waals surface area contributed by atoms with Crippen LogP contribution in [0.1, 0.15) is 10.4 Å². The topological polar surface area (TPSA) is 20.9 Å². The van der Waals surface area contributed by atoms with Gasteiger partial charge >= 0.3 is 0 Å². The van der Waals surface area contributed by atoms with E-state index in [2.05, 4.69) is 0 Å². The highest BCUT2D eigenvalue weighted by atomic mass is 79.9. The van der Waals surface area contributed by atoms with Crippen LogP contribution in [-0.2, 0) is 6.54 Å². The molecule has 0 unspecified atom stereocenters. The lowest BCUT2D eigenvalue weighted by atomic mass is 10.1. The molecule has 2 nitrogen and oxygen atoms in total. The van der Waals surface area contributed by atoms with Gasteiger partial charge < -0.3 is 17.0 Å². The Bertz CT molecular complexity index is 742. The van der Waals surface area contributed by atoms with Crippen LogP contribution >= 0.6 is 22.9 Å². The number of carbonyl (C=O) groups is 1. The zero-order chi connectivity index (χ0) is 13.2. The van der Waals surface area contributed by atoms with E-state index in [4.69, 9.17) is 11.6 Å². The molecule has 3 aromatic rings. The largest absolute Gasteiger partial charge is 1.00 e. The number of ketones is 1. The van der Waals surface area contributed by atoms with Crippen LogP contribution in [0.25, 0.3) is 10.1 Å². The summed E-state index contributed by atoms with van der Waals surface area (Å²) in [5.41, 5.74) is 0.735. The molecule has 5 heteroatoms. The number of pyridine rings is 1. The Morgan fingerprint density at radius 1 is 1.20 bits per heavy atom. The van der Waals surface area contributed by atoms with E-state index in [1.165, 1.54) is 0 Å². The molecule has 0 saturated carbocycles. The van der Waals surface area contributed by atoms with Gasteiger partial charge in [-0.3, -0.25) is 4.79 Å². The van der Waals surface area contributed by atoms with Crippen LogP contribution in [0.2, 0.25) is 4.34 Å². The number of Topliss-reactive ketones (excluding diaryl/α,β-unsaturated/α-hetero) is 1. The molecule has 0 aliphatic rings. The van der Waals surface area contributed by atoms with Crippen molar-refractivity contribution in [2.45, 2.75) is 6.54 Å². The average Bonchev–Trinajstić information content (AvgIpc) is 2.79. The molecule has 0 radical (unpaired) electrons. The number of rotatable bonds is 3. The van der Waals surface area contributed by atoms with Crippen molar-refractivity contribution < 1.29 is 26.3 Å². The van der Waals surface area contributed by atoms with Crippen molar-refractivity contribution in [2.24, 2.45) is 0 Å². The number of hydrogen-bond donors (Lipinski definition) is 0. The molecule has 0 bridgehead atoms. The monoisotopic (exact) mass is 367 g/mol. The number of nitrogens with zero attached hydrogens (tertiary/aromatic N) is 1. The van der Waals surface area contributed by atoms with Crippen molar-refractivity contribution in [1.82, 2.24) is 0 Å². The standard InChI is InChI=1S/C15H11ClNOS.BrH/c16-15-8-12-9-17(7-6-14(12)19-15)10-13(18)11-4-2-1-3-5-11;/h1-9H,10H2;1H/q+1;/p-1. The van der Waals surface area contributed by atoms with Gasteiger partial charge in [-0.15, -0.1) is 11.3 Å². The molecule has 2 heterocycles. The molecule has 0 amide bonds. The highest BCUT2D eigenvalue weighted by Crippen LogP contribution is 2.27. The van der Waals surface area contributed by atoms with Crippen molar-refractivity contribution in [3.63, 3.8) is 0 Å². The number of thiophene rings is 1. The fraction of sp³-hybridized carbons (Fsp3) is 0.0667. The SMILES string of the molecule is O=C(C[n+]1ccc2sc(Cl)cc2c1)c1ccccc1.[Br-]. The average molecular weight is 369 g/mol. The van der Waals surface area contributed by atoms with E-state index in [-0.39, 0.29) is 22.8 Å². The zero-order valence-corrected chi connectivity index (χ0v) is 13.6. The van der Waals surface area contributed by atoms with E-state index in [0.29, 0.717) is 6.54 Å². The molecule has 2 aromatic heterocycles. The van der Waals surface area contributed by atoms with E-state index in [0.717, 1.165) is 20.0 Å². The third-order valence-electron chi connectivity index (χ3n) is 2.91. The molecule has 0 aliphatic carbocycles. The van der Waals surface area contributed by atoms with Gasteiger partial charge in [-0.1, -0.05) is 41.9 Å². The molecule has 0 aliphatic heterocycles. The number of aromatic nitrogens is 1. The maximum Gasteiger partial charge on any atom is 0.227 e. The van der Waals surface area contributed by atoms with Gasteiger partial charge in [-0.2, -0.15) is 4.57 Å². The van der Waals surface area contributed by atoms with Crippen molar-refractivity contribution in [1.29, 1.82) is 0 Å². The smallest absolute Gasteiger partial charge is 0.227 e. The Hall–Kier alpha value is -1.23. The van der Waals surface area contributed by atoms with Crippen LogP contribution < -0.4 is 21.5 Å². The minimum Gasteiger partial charge on any atom is -1.00 e. The molecule has 0 spiro atoms. The van der Waals surface area contributed by atoms with Crippen LogP contribution in [0.3, 0.4) is 0 Å². The van der Waals surface area contributed by atoms with E-state index < -0.39 is 0 Å². The molecule has 3 rings (SSSR count). The third-order valence-corrected chi connectivity index (χ3v) is 4.15. The van der Waals surface area contributed by atoms with E-state index in [9.17, 15) is 4.79 Å². The van der Waals surface area contributed by atoms with E-state index in [1.54, 1.807) is 11.3 Å². The summed E-state index contributed by atoms with van der Waals surface area (Å²) in [4.78, 5) is 12.1. The first-order chi connectivity index (χ1) is 9.22. The number of hydrogen-bond acceptors (Lipinski definition) is 2. The molecule has 102 valence electrons. The summed E-state index contributed by atoms with van der Waals surface area (Å²) in [7, 11) is 0. The second-order valence-electron chi connectivity index (χ2n) is 4.28. The fourth-order valence-electron chi connectivity index (χ4n) is 1.98. The van der Waals surface area contributed by atoms with Gasteiger partial charge in [0.15, 0.2) is 12.4 Å². The van der Waals surface area contributed by atoms with Crippen LogP contribution in [0.4, 0.5) is 0 Å². The van der Waals surface area contributed by atoms with Gasteiger partial charge in [-0.25, -0.2) is 0 Å². The summed E-state index contributed by atoms with van der Waals surface area (Å²) in [5.74, 6) is 0.103. The maximum absolute atomic E-state index is 12.1. The Morgan fingerprint density at radius 2 is 1.95 bits per heavy atom. The molecular formula is C15H11BrClNOS. The first-order valence-electron chi connectivity index (χ1n) is 5.89.